The highest BCUT2D eigenvalue weighted by atomic mass is 16.5. The second-order valence-electron chi connectivity index (χ2n) is 6.54. The van der Waals surface area contributed by atoms with Crippen LogP contribution in [0.25, 0.3) is 11.0 Å². The summed E-state index contributed by atoms with van der Waals surface area (Å²) in [5.74, 6) is -0.768. The topological polar surface area (TPSA) is 105 Å². The number of rotatable bonds is 6. The lowest BCUT2D eigenvalue weighted by Crippen LogP contribution is -2.38. The van der Waals surface area contributed by atoms with E-state index in [0.717, 1.165) is 0 Å². The SMILES string of the molecule is COc1ccc2nc(COC(=O)c3ccccn3)c(C(=O)c3ccccc3)[n+]([O-])c2c1. The molecule has 0 aliphatic heterocycles. The fourth-order valence-electron chi connectivity index (χ4n) is 3.06. The molecule has 8 nitrogen and oxygen atoms in total. The number of nitrogens with zero attached hydrogens (tertiary/aromatic N) is 3. The van der Waals surface area contributed by atoms with E-state index < -0.39 is 11.8 Å². The first-order valence-corrected chi connectivity index (χ1v) is 9.36. The summed E-state index contributed by atoms with van der Waals surface area (Å²) in [7, 11) is 1.48. The van der Waals surface area contributed by atoms with Crippen molar-refractivity contribution < 1.29 is 23.8 Å². The maximum Gasteiger partial charge on any atom is 0.357 e. The summed E-state index contributed by atoms with van der Waals surface area (Å²) in [4.78, 5) is 33.8. The van der Waals surface area contributed by atoms with Gasteiger partial charge in [0.2, 0.25) is 5.52 Å². The molecule has 8 heteroatoms. The Hall–Kier alpha value is -4.33. The molecule has 154 valence electrons. The predicted molar refractivity (Wildman–Crippen MR) is 110 cm³/mol. The monoisotopic (exact) mass is 415 g/mol. The number of carbonyl (C=O) groups excluding carboxylic acids is 2. The first kappa shape index (κ1) is 20.0. The molecule has 0 amide bonds. The van der Waals surface area contributed by atoms with Gasteiger partial charge in [0.25, 0.3) is 11.5 Å². The predicted octanol–water partition coefficient (Wildman–Crippen LogP) is 2.86. The normalized spacial score (nSPS) is 10.6. The summed E-state index contributed by atoms with van der Waals surface area (Å²) in [6.07, 6.45) is 1.47. The van der Waals surface area contributed by atoms with E-state index in [1.54, 1.807) is 54.6 Å². The third-order valence-corrected chi connectivity index (χ3v) is 4.60. The third kappa shape index (κ3) is 4.04. The molecular formula is C23H17N3O5. The van der Waals surface area contributed by atoms with E-state index in [4.69, 9.17) is 9.47 Å². The molecule has 2 aromatic carbocycles. The molecule has 2 heterocycles. The van der Waals surface area contributed by atoms with Crippen molar-refractivity contribution in [3.05, 3.63) is 101 Å². The van der Waals surface area contributed by atoms with Crippen molar-refractivity contribution in [3.8, 4) is 5.75 Å². The van der Waals surface area contributed by atoms with E-state index in [9.17, 15) is 14.8 Å². The van der Waals surface area contributed by atoms with Crippen LogP contribution in [0, 0.1) is 5.21 Å². The lowest BCUT2D eigenvalue weighted by Gasteiger charge is -2.12. The van der Waals surface area contributed by atoms with Gasteiger partial charge in [-0.25, -0.2) is 14.8 Å². The van der Waals surface area contributed by atoms with Gasteiger partial charge in [-0.1, -0.05) is 36.4 Å². The van der Waals surface area contributed by atoms with Crippen molar-refractivity contribution in [3.63, 3.8) is 0 Å². The van der Waals surface area contributed by atoms with Crippen molar-refractivity contribution in [2.24, 2.45) is 0 Å². The van der Waals surface area contributed by atoms with Gasteiger partial charge in [-0.15, -0.1) is 0 Å². The fourth-order valence-corrected chi connectivity index (χ4v) is 3.06. The molecule has 2 aromatic heterocycles. The van der Waals surface area contributed by atoms with Crippen LogP contribution < -0.4 is 9.47 Å². The molecule has 0 spiro atoms. The van der Waals surface area contributed by atoms with Gasteiger partial charge in [0.05, 0.1) is 13.2 Å². The lowest BCUT2D eigenvalue weighted by molar-refractivity contribution is -0.580. The van der Waals surface area contributed by atoms with E-state index in [-0.39, 0.29) is 29.2 Å². The fraction of sp³-hybridized carbons (Fsp3) is 0.0870. The van der Waals surface area contributed by atoms with E-state index in [1.807, 2.05) is 0 Å². The van der Waals surface area contributed by atoms with Gasteiger partial charge in [-0.2, -0.15) is 4.73 Å². The number of ketones is 1. The Balaban J connectivity index is 1.78. The zero-order chi connectivity index (χ0) is 21.8. The minimum atomic E-state index is -0.687. The van der Waals surface area contributed by atoms with E-state index in [0.29, 0.717) is 21.6 Å². The second kappa shape index (κ2) is 8.58. The Morgan fingerprint density at radius 3 is 2.52 bits per heavy atom. The van der Waals surface area contributed by atoms with Gasteiger partial charge in [0.15, 0.2) is 5.69 Å². The molecule has 0 saturated carbocycles. The molecule has 0 radical (unpaired) electrons. The van der Waals surface area contributed by atoms with Crippen LogP contribution in [-0.4, -0.2) is 28.8 Å². The van der Waals surface area contributed by atoms with Gasteiger partial charge >= 0.3 is 5.97 Å². The van der Waals surface area contributed by atoms with Crippen molar-refractivity contribution >= 4 is 22.8 Å². The number of carbonyl (C=O) groups is 2. The summed E-state index contributed by atoms with van der Waals surface area (Å²) in [6.45, 7) is -0.368. The molecular weight excluding hydrogens is 398 g/mol. The Bertz CT molecular complexity index is 1260. The van der Waals surface area contributed by atoms with E-state index in [1.165, 1.54) is 25.4 Å². The summed E-state index contributed by atoms with van der Waals surface area (Å²) >= 11 is 0. The minimum Gasteiger partial charge on any atom is -0.618 e. The lowest BCUT2D eigenvalue weighted by atomic mass is 10.1. The van der Waals surface area contributed by atoms with Crippen LogP contribution in [0.1, 0.15) is 32.2 Å². The average molecular weight is 415 g/mol. The van der Waals surface area contributed by atoms with Crippen LogP contribution in [0.4, 0.5) is 0 Å². The van der Waals surface area contributed by atoms with E-state index >= 15 is 0 Å². The van der Waals surface area contributed by atoms with Crippen LogP contribution in [0.5, 0.6) is 5.75 Å². The maximum absolute atomic E-state index is 13.2. The molecule has 0 fully saturated rings. The molecule has 0 N–H and O–H groups in total. The van der Waals surface area contributed by atoms with Crippen LogP contribution in [0.15, 0.2) is 72.9 Å². The first-order chi connectivity index (χ1) is 15.1. The van der Waals surface area contributed by atoms with Gasteiger partial charge in [0, 0.05) is 11.8 Å². The summed E-state index contributed by atoms with van der Waals surface area (Å²) in [5, 5.41) is 13.2. The summed E-state index contributed by atoms with van der Waals surface area (Å²) in [6, 6.07) is 17.9. The van der Waals surface area contributed by atoms with Crippen LogP contribution in [0.2, 0.25) is 0 Å². The molecule has 31 heavy (non-hydrogen) atoms. The average Bonchev–Trinajstić information content (AvgIpc) is 2.83. The number of esters is 1. The van der Waals surface area contributed by atoms with Crippen LogP contribution in [-0.2, 0) is 11.3 Å². The first-order valence-electron chi connectivity index (χ1n) is 9.36. The molecule has 0 saturated heterocycles. The quantitative estimate of drug-likeness (QED) is 0.206. The molecule has 0 unspecified atom stereocenters. The van der Waals surface area contributed by atoms with Crippen LogP contribution >= 0.6 is 0 Å². The van der Waals surface area contributed by atoms with Gasteiger partial charge in [0.1, 0.15) is 23.6 Å². The second-order valence-corrected chi connectivity index (χ2v) is 6.54. The Kier molecular flexibility index (Phi) is 5.53. The highest BCUT2D eigenvalue weighted by molar-refractivity contribution is 6.07. The number of fused-ring (bicyclic) bond motifs is 1. The number of benzene rings is 2. The third-order valence-electron chi connectivity index (χ3n) is 4.60. The van der Waals surface area contributed by atoms with Gasteiger partial charge in [-0.05, 0) is 24.3 Å². The Morgan fingerprint density at radius 2 is 1.81 bits per heavy atom. The highest BCUT2D eigenvalue weighted by Gasteiger charge is 2.28. The zero-order valence-corrected chi connectivity index (χ0v) is 16.5. The minimum absolute atomic E-state index is 0.0470. The molecule has 0 bridgehead atoms. The van der Waals surface area contributed by atoms with Crippen molar-refractivity contribution in [1.82, 2.24) is 9.97 Å². The van der Waals surface area contributed by atoms with Crippen molar-refractivity contribution in [2.45, 2.75) is 6.61 Å². The Morgan fingerprint density at radius 1 is 1.03 bits per heavy atom. The number of methoxy groups -OCH3 is 1. The number of hydrogen-bond donors (Lipinski definition) is 0. The zero-order valence-electron chi connectivity index (χ0n) is 16.5. The molecule has 0 aliphatic rings. The number of ether oxygens (including phenoxy) is 2. The maximum atomic E-state index is 13.2. The van der Waals surface area contributed by atoms with Crippen molar-refractivity contribution in [1.29, 1.82) is 0 Å². The van der Waals surface area contributed by atoms with Gasteiger partial charge < -0.3 is 14.7 Å². The molecule has 4 rings (SSSR count). The smallest absolute Gasteiger partial charge is 0.357 e. The Labute approximate surface area is 177 Å². The molecule has 0 aliphatic carbocycles. The van der Waals surface area contributed by atoms with Crippen molar-refractivity contribution in [2.75, 3.05) is 7.11 Å². The van der Waals surface area contributed by atoms with Crippen LogP contribution in [0.3, 0.4) is 0 Å². The summed E-state index contributed by atoms with van der Waals surface area (Å²) < 4.78 is 11.0. The number of pyridine rings is 1. The van der Waals surface area contributed by atoms with Gasteiger partial charge in [-0.3, -0.25) is 4.79 Å². The van der Waals surface area contributed by atoms with E-state index in [2.05, 4.69) is 9.97 Å². The largest absolute Gasteiger partial charge is 0.618 e. The molecule has 0 atom stereocenters. The standard InChI is InChI=1S/C23H17N3O5/c1-30-16-10-11-17-20(13-16)26(29)21(22(27)15-7-3-2-4-8-15)19(25-17)14-31-23(28)18-9-5-6-12-24-18/h2-13H,14H2,1H3. The highest BCUT2D eigenvalue weighted by Crippen LogP contribution is 2.20. The number of hydrogen-bond acceptors (Lipinski definition) is 7. The molecule has 4 aromatic rings. The number of aromatic nitrogens is 3. The summed E-state index contributed by atoms with van der Waals surface area (Å²) in [5.41, 5.74) is 0.752.